The van der Waals surface area contributed by atoms with E-state index in [2.05, 4.69) is 9.97 Å². The molecule has 1 fully saturated rings. The largest absolute Gasteiger partial charge is 0.479 e. The minimum absolute atomic E-state index is 0.00373. The molecule has 34 heavy (non-hydrogen) atoms. The molecule has 2 amide bonds. The van der Waals surface area contributed by atoms with Crippen molar-refractivity contribution in [2.75, 3.05) is 40.5 Å². The van der Waals surface area contributed by atoms with Crippen molar-refractivity contribution in [3.05, 3.63) is 53.4 Å². The number of rotatable bonds is 5. The van der Waals surface area contributed by atoms with Gasteiger partial charge < -0.3 is 19.3 Å². The van der Waals surface area contributed by atoms with Crippen LogP contribution in [0.3, 0.4) is 0 Å². The van der Waals surface area contributed by atoms with Crippen LogP contribution >= 0.6 is 0 Å². The van der Waals surface area contributed by atoms with Crippen LogP contribution in [0.4, 0.5) is 9.18 Å². The maximum absolute atomic E-state index is 14.4. The first-order valence-corrected chi connectivity index (χ1v) is 11.3. The molecule has 10 heteroatoms. The standard InChI is InChI=1S/C24H27FN6O3/c1-15(30-9-8-29(2)24(30)32)20-12-16(4-7-26-20)22-18-5-10-34-11-6-21(18)31(28-22)17-13-19(25)23(33-3)27-14-17/h4,7,12-15H,5-6,8-11H2,1-3H3/t15-/m0/s1. The van der Waals surface area contributed by atoms with E-state index in [1.54, 1.807) is 29.0 Å². The van der Waals surface area contributed by atoms with Crippen molar-refractivity contribution in [2.24, 2.45) is 0 Å². The van der Waals surface area contributed by atoms with E-state index >= 15 is 0 Å². The summed E-state index contributed by atoms with van der Waals surface area (Å²) in [5.74, 6) is -0.601. The van der Waals surface area contributed by atoms with Crippen molar-refractivity contribution in [3.8, 4) is 22.8 Å². The molecule has 0 spiro atoms. The number of nitrogens with zero attached hydrogens (tertiary/aromatic N) is 6. The normalized spacial score (nSPS) is 17.0. The minimum Gasteiger partial charge on any atom is -0.479 e. The van der Waals surface area contributed by atoms with Crippen LogP contribution < -0.4 is 4.74 Å². The molecule has 0 aromatic carbocycles. The predicted molar refractivity (Wildman–Crippen MR) is 122 cm³/mol. The van der Waals surface area contributed by atoms with Gasteiger partial charge >= 0.3 is 6.03 Å². The number of pyridine rings is 2. The number of carbonyl (C=O) groups is 1. The molecule has 0 bridgehead atoms. The molecular formula is C24H27FN6O3. The van der Waals surface area contributed by atoms with Crippen LogP contribution in [-0.2, 0) is 17.6 Å². The zero-order valence-electron chi connectivity index (χ0n) is 19.5. The van der Waals surface area contributed by atoms with E-state index in [0.29, 0.717) is 44.8 Å². The smallest absolute Gasteiger partial charge is 0.320 e. The van der Waals surface area contributed by atoms with Gasteiger partial charge in [-0.1, -0.05) is 0 Å². The summed E-state index contributed by atoms with van der Waals surface area (Å²) in [6, 6.07) is 5.12. The molecule has 1 saturated heterocycles. The number of aromatic nitrogens is 4. The van der Waals surface area contributed by atoms with Crippen LogP contribution in [0.15, 0.2) is 30.6 Å². The molecule has 0 radical (unpaired) electrons. The number of carbonyl (C=O) groups excluding carboxylic acids is 1. The summed E-state index contributed by atoms with van der Waals surface area (Å²) in [5.41, 5.74) is 5.06. The summed E-state index contributed by atoms with van der Waals surface area (Å²) in [5, 5.41) is 4.89. The average Bonchev–Trinajstić information content (AvgIpc) is 3.27. The molecule has 3 aromatic rings. The number of hydrogen-bond acceptors (Lipinski definition) is 6. The van der Waals surface area contributed by atoms with Gasteiger partial charge in [-0.15, -0.1) is 0 Å². The quantitative estimate of drug-likeness (QED) is 0.575. The molecular weight excluding hydrogens is 439 g/mol. The Morgan fingerprint density at radius 3 is 2.74 bits per heavy atom. The van der Waals surface area contributed by atoms with Gasteiger partial charge in [-0.25, -0.2) is 18.9 Å². The fourth-order valence-electron chi connectivity index (χ4n) is 4.59. The molecule has 0 saturated carbocycles. The molecule has 2 aliphatic rings. The number of likely N-dealkylation sites (N-methyl/N-ethyl adjacent to an activating group) is 1. The third kappa shape index (κ3) is 3.87. The summed E-state index contributed by atoms with van der Waals surface area (Å²) in [4.78, 5) is 24.7. The number of urea groups is 1. The summed E-state index contributed by atoms with van der Waals surface area (Å²) in [6.07, 6.45) is 4.65. The highest BCUT2D eigenvalue weighted by Crippen LogP contribution is 2.32. The molecule has 5 heterocycles. The molecule has 5 rings (SSSR count). The van der Waals surface area contributed by atoms with E-state index in [9.17, 15) is 9.18 Å². The van der Waals surface area contributed by atoms with Gasteiger partial charge in [0.2, 0.25) is 5.88 Å². The third-order valence-corrected chi connectivity index (χ3v) is 6.50. The van der Waals surface area contributed by atoms with Crippen LogP contribution in [0.2, 0.25) is 0 Å². The van der Waals surface area contributed by atoms with Gasteiger partial charge in [-0.05, 0) is 25.5 Å². The second-order valence-corrected chi connectivity index (χ2v) is 8.53. The fraction of sp³-hybridized carbons (Fsp3) is 0.417. The topological polar surface area (TPSA) is 85.6 Å². The highest BCUT2D eigenvalue weighted by Gasteiger charge is 2.31. The lowest BCUT2D eigenvalue weighted by molar-refractivity contribution is 0.145. The predicted octanol–water partition coefficient (Wildman–Crippen LogP) is 3.02. The van der Waals surface area contributed by atoms with Crippen LogP contribution in [-0.4, -0.2) is 76.0 Å². The van der Waals surface area contributed by atoms with E-state index < -0.39 is 5.82 Å². The van der Waals surface area contributed by atoms with Crippen LogP contribution in [0, 0.1) is 5.82 Å². The number of hydrogen-bond donors (Lipinski definition) is 0. The van der Waals surface area contributed by atoms with Gasteiger partial charge in [-0.3, -0.25) is 4.98 Å². The van der Waals surface area contributed by atoms with Crippen LogP contribution in [0.25, 0.3) is 16.9 Å². The highest BCUT2D eigenvalue weighted by molar-refractivity contribution is 5.76. The second kappa shape index (κ2) is 9.02. The van der Waals surface area contributed by atoms with Gasteiger partial charge in [0.15, 0.2) is 5.82 Å². The maximum Gasteiger partial charge on any atom is 0.320 e. The fourth-order valence-corrected chi connectivity index (χ4v) is 4.59. The number of halogens is 1. The number of ether oxygens (including phenoxy) is 2. The maximum atomic E-state index is 14.4. The highest BCUT2D eigenvalue weighted by atomic mass is 19.1. The zero-order chi connectivity index (χ0) is 23.8. The molecule has 3 aromatic heterocycles. The van der Waals surface area contributed by atoms with Gasteiger partial charge in [0, 0.05) is 49.9 Å². The molecule has 0 aliphatic carbocycles. The number of methoxy groups -OCH3 is 1. The lowest BCUT2D eigenvalue weighted by atomic mass is 10.0. The van der Waals surface area contributed by atoms with Crippen molar-refractivity contribution in [1.82, 2.24) is 29.5 Å². The van der Waals surface area contributed by atoms with Crippen LogP contribution in [0.5, 0.6) is 5.88 Å². The summed E-state index contributed by atoms with van der Waals surface area (Å²) < 4.78 is 26.9. The monoisotopic (exact) mass is 466 g/mol. The van der Waals surface area contributed by atoms with Crippen molar-refractivity contribution in [1.29, 1.82) is 0 Å². The Bertz CT molecular complexity index is 1230. The van der Waals surface area contributed by atoms with Gasteiger partial charge in [-0.2, -0.15) is 5.10 Å². The van der Waals surface area contributed by atoms with Crippen molar-refractivity contribution < 1.29 is 18.7 Å². The van der Waals surface area contributed by atoms with Gasteiger partial charge in [0.05, 0.1) is 55.3 Å². The Balaban J connectivity index is 1.56. The van der Waals surface area contributed by atoms with Crippen molar-refractivity contribution in [2.45, 2.75) is 25.8 Å². The van der Waals surface area contributed by atoms with E-state index in [1.165, 1.54) is 13.2 Å². The van der Waals surface area contributed by atoms with Gasteiger partial charge in [0.1, 0.15) is 0 Å². The summed E-state index contributed by atoms with van der Waals surface area (Å²) in [7, 11) is 3.19. The summed E-state index contributed by atoms with van der Waals surface area (Å²) in [6.45, 7) is 4.51. The Kier molecular flexibility index (Phi) is 5.91. The molecule has 178 valence electrons. The lowest BCUT2D eigenvalue weighted by Gasteiger charge is -2.23. The average molecular weight is 467 g/mol. The third-order valence-electron chi connectivity index (χ3n) is 6.50. The first-order valence-electron chi connectivity index (χ1n) is 11.3. The van der Waals surface area contributed by atoms with Crippen LogP contribution in [0.1, 0.15) is 29.9 Å². The second-order valence-electron chi connectivity index (χ2n) is 8.53. The van der Waals surface area contributed by atoms with E-state index in [1.807, 2.05) is 24.0 Å². The Morgan fingerprint density at radius 1 is 1.18 bits per heavy atom. The molecule has 2 aliphatic heterocycles. The Labute approximate surface area is 197 Å². The first-order chi connectivity index (χ1) is 16.5. The van der Waals surface area contributed by atoms with Crippen molar-refractivity contribution >= 4 is 6.03 Å². The number of amides is 2. The zero-order valence-corrected chi connectivity index (χ0v) is 19.5. The Morgan fingerprint density at radius 2 is 2.00 bits per heavy atom. The summed E-state index contributed by atoms with van der Waals surface area (Å²) >= 11 is 0. The molecule has 0 N–H and O–H groups in total. The Hall–Kier alpha value is -3.53. The SMILES string of the molecule is COc1ncc(-n2nc(-c3ccnc([C@H](C)N4CCN(C)C4=O)c3)c3c2CCOCC3)cc1F. The van der Waals surface area contributed by atoms with E-state index in [-0.39, 0.29) is 18.0 Å². The number of fused-ring (bicyclic) bond motifs is 1. The molecule has 9 nitrogen and oxygen atoms in total. The van der Waals surface area contributed by atoms with E-state index in [0.717, 1.165) is 28.2 Å². The molecule has 1 atom stereocenters. The van der Waals surface area contributed by atoms with Crippen molar-refractivity contribution in [3.63, 3.8) is 0 Å². The molecule has 0 unspecified atom stereocenters. The van der Waals surface area contributed by atoms with Gasteiger partial charge in [0.25, 0.3) is 0 Å². The van der Waals surface area contributed by atoms with E-state index in [4.69, 9.17) is 14.6 Å². The first kappa shape index (κ1) is 22.3. The minimum atomic E-state index is -0.545. The lowest BCUT2D eigenvalue weighted by Crippen LogP contribution is -2.32.